The maximum atomic E-state index is 10.2. The SMILES string of the molecule is C1CCOC1.O=C1CCSC1. The van der Waals surface area contributed by atoms with E-state index in [0.29, 0.717) is 5.78 Å². The van der Waals surface area contributed by atoms with E-state index in [1.165, 1.54) is 12.8 Å². The summed E-state index contributed by atoms with van der Waals surface area (Å²) < 4.78 is 4.94. The lowest BCUT2D eigenvalue weighted by Gasteiger charge is -1.76. The topological polar surface area (TPSA) is 26.3 Å². The average molecular weight is 174 g/mol. The zero-order valence-electron chi connectivity index (χ0n) is 6.67. The first-order valence-electron chi connectivity index (χ1n) is 4.07. The second-order valence-corrected chi connectivity index (χ2v) is 3.77. The van der Waals surface area contributed by atoms with E-state index in [9.17, 15) is 4.79 Å². The van der Waals surface area contributed by atoms with Crippen molar-refractivity contribution in [3.8, 4) is 0 Å². The summed E-state index contributed by atoms with van der Waals surface area (Å²) in [7, 11) is 0. The first kappa shape index (κ1) is 9.07. The molecule has 0 spiro atoms. The van der Waals surface area contributed by atoms with Crippen LogP contribution in [-0.4, -0.2) is 30.5 Å². The molecule has 64 valence electrons. The Bertz CT molecular complexity index is 106. The second kappa shape index (κ2) is 5.61. The van der Waals surface area contributed by atoms with Crippen LogP contribution in [0.5, 0.6) is 0 Å². The number of ketones is 1. The summed E-state index contributed by atoms with van der Waals surface area (Å²) in [5.74, 6) is 2.23. The van der Waals surface area contributed by atoms with Gasteiger partial charge in [-0.15, -0.1) is 0 Å². The van der Waals surface area contributed by atoms with E-state index in [2.05, 4.69) is 0 Å². The van der Waals surface area contributed by atoms with Gasteiger partial charge in [0.25, 0.3) is 0 Å². The van der Waals surface area contributed by atoms with Gasteiger partial charge < -0.3 is 4.74 Å². The first-order chi connectivity index (χ1) is 5.39. The van der Waals surface area contributed by atoms with Crippen molar-refractivity contribution < 1.29 is 9.53 Å². The third kappa shape index (κ3) is 4.43. The molecule has 0 aromatic carbocycles. The molecule has 3 heteroatoms. The fraction of sp³-hybridized carbons (Fsp3) is 0.875. The molecule has 2 fully saturated rings. The van der Waals surface area contributed by atoms with Crippen molar-refractivity contribution in [2.24, 2.45) is 0 Å². The Hall–Kier alpha value is -0.0200. The highest BCUT2D eigenvalue weighted by molar-refractivity contribution is 8.00. The van der Waals surface area contributed by atoms with Crippen LogP contribution in [0.2, 0.25) is 0 Å². The minimum Gasteiger partial charge on any atom is -0.381 e. The maximum Gasteiger partial charge on any atom is 0.143 e. The van der Waals surface area contributed by atoms with Crippen LogP contribution in [-0.2, 0) is 9.53 Å². The molecule has 2 aliphatic heterocycles. The zero-order chi connectivity index (χ0) is 7.94. The van der Waals surface area contributed by atoms with Gasteiger partial charge in [-0.05, 0) is 12.8 Å². The van der Waals surface area contributed by atoms with Gasteiger partial charge in [-0.2, -0.15) is 11.8 Å². The largest absolute Gasteiger partial charge is 0.381 e. The molecule has 2 saturated heterocycles. The van der Waals surface area contributed by atoms with Gasteiger partial charge in [0.15, 0.2) is 0 Å². The van der Waals surface area contributed by atoms with Crippen molar-refractivity contribution in [2.45, 2.75) is 19.3 Å². The van der Waals surface area contributed by atoms with Crippen LogP contribution < -0.4 is 0 Å². The van der Waals surface area contributed by atoms with Crippen molar-refractivity contribution in [1.29, 1.82) is 0 Å². The Morgan fingerprint density at radius 2 is 2.00 bits per heavy atom. The van der Waals surface area contributed by atoms with Crippen LogP contribution in [0.25, 0.3) is 0 Å². The minimum atomic E-state index is 0.417. The Morgan fingerprint density at radius 3 is 2.18 bits per heavy atom. The monoisotopic (exact) mass is 174 g/mol. The summed E-state index contributed by atoms with van der Waals surface area (Å²) in [6, 6.07) is 0. The van der Waals surface area contributed by atoms with Gasteiger partial charge in [0.2, 0.25) is 0 Å². The predicted molar refractivity (Wildman–Crippen MR) is 47.0 cm³/mol. The number of hydrogen-bond acceptors (Lipinski definition) is 3. The lowest BCUT2D eigenvalue weighted by molar-refractivity contribution is -0.115. The summed E-state index contributed by atoms with van der Waals surface area (Å²) >= 11 is 1.73. The van der Waals surface area contributed by atoms with E-state index in [4.69, 9.17) is 4.74 Å². The molecule has 0 amide bonds. The zero-order valence-corrected chi connectivity index (χ0v) is 7.49. The van der Waals surface area contributed by atoms with Crippen molar-refractivity contribution in [3.05, 3.63) is 0 Å². The van der Waals surface area contributed by atoms with E-state index >= 15 is 0 Å². The number of rotatable bonds is 0. The van der Waals surface area contributed by atoms with Gasteiger partial charge in [0.1, 0.15) is 5.78 Å². The number of hydrogen-bond donors (Lipinski definition) is 0. The Balaban J connectivity index is 0.000000112. The Morgan fingerprint density at radius 1 is 1.27 bits per heavy atom. The standard InChI is InChI=1S/C4H6OS.C4H8O/c5-4-1-2-6-3-4;1-2-4-5-3-1/h1-3H2;1-4H2. The molecule has 0 unspecified atom stereocenters. The van der Waals surface area contributed by atoms with Crippen LogP contribution in [0.3, 0.4) is 0 Å². The average Bonchev–Trinajstić information content (AvgIpc) is 2.57. The van der Waals surface area contributed by atoms with E-state index in [1.807, 2.05) is 0 Å². The predicted octanol–water partition coefficient (Wildman–Crippen LogP) is 1.49. The van der Waals surface area contributed by atoms with Crippen molar-refractivity contribution in [3.63, 3.8) is 0 Å². The molecule has 2 rings (SSSR count). The third-order valence-electron chi connectivity index (χ3n) is 1.62. The van der Waals surface area contributed by atoms with Gasteiger partial charge in [0.05, 0.1) is 5.75 Å². The van der Waals surface area contributed by atoms with Gasteiger partial charge in [-0.25, -0.2) is 0 Å². The lowest BCUT2D eigenvalue weighted by Crippen LogP contribution is -1.89. The molecular formula is C8H14O2S. The highest BCUT2D eigenvalue weighted by Crippen LogP contribution is 2.11. The van der Waals surface area contributed by atoms with Crippen LogP contribution in [0.15, 0.2) is 0 Å². The molecule has 0 aromatic rings. The molecule has 0 N–H and O–H groups in total. The molecule has 0 atom stereocenters. The highest BCUT2D eigenvalue weighted by Gasteiger charge is 2.07. The van der Waals surface area contributed by atoms with Gasteiger partial charge in [0, 0.05) is 25.4 Å². The number of ether oxygens (including phenoxy) is 1. The van der Waals surface area contributed by atoms with E-state index in [0.717, 1.165) is 31.1 Å². The highest BCUT2D eigenvalue weighted by atomic mass is 32.2. The van der Waals surface area contributed by atoms with Gasteiger partial charge >= 0.3 is 0 Å². The van der Waals surface area contributed by atoms with E-state index in [-0.39, 0.29) is 0 Å². The molecule has 2 heterocycles. The normalized spacial score (nSPS) is 23.1. The van der Waals surface area contributed by atoms with Crippen molar-refractivity contribution in [1.82, 2.24) is 0 Å². The van der Waals surface area contributed by atoms with Gasteiger partial charge in [-0.1, -0.05) is 0 Å². The molecule has 11 heavy (non-hydrogen) atoms. The number of carbonyl (C=O) groups is 1. The van der Waals surface area contributed by atoms with E-state index in [1.54, 1.807) is 11.8 Å². The summed E-state index contributed by atoms with van der Waals surface area (Å²) in [6.45, 7) is 2.00. The molecule has 0 saturated carbocycles. The van der Waals surface area contributed by atoms with E-state index < -0.39 is 0 Å². The minimum absolute atomic E-state index is 0.417. The molecule has 0 radical (unpaired) electrons. The van der Waals surface area contributed by atoms with Crippen LogP contribution in [0.4, 0.5) is 0 Å². The molecule has 0 bridgehead atoms. The second-order valence-electron chi connectivity index (χ2n) is 2.66. The van der Waals surface area contributed by atoms with Crippen LogP contribution in [0.1, 0.15) is 19.3 Å². The summed E-state index contributed by atoms with van der Waals surface area (Å²) in [4.78, 5) is 10.2. The maximum absolute atomic E-state index is 10.2. The summed E-state index contributed by atoms with van der Waals surface area (Å²) in [6.07, 6.45) is 3.37. The van der Waals surface area contributed by atoms with Crippen molar-refractivity contribution in [2.75, 3.05) is 24.7 Å². The Kier molecular flexibility index (Phi) is 4.62. The Labute approximate surface area is 71.7 Å². The molecule has 2 nitrogen and oxygen atoms in total. The fourth-order valence-electron chi connectivity index (χ4n) is 0.954. The van der Waals surface area contributed by atoms with Gasteiger partial charge in [-0.3, -0.25) is 4.79 Å². The fourth-order valence-corrected chi connectivity index (χ4v) is 1.84. The first-order valence-corrected chi connectivity index (χ1v) is 5.22. The third-order valence-corrected chi connectivity index (χ3v) is 2.63. The number of thioether (sulfide) groups is 1. The summed E-state index contributed by atoms with van der Waals surface area (Å²) in [5, 5.41) is 0. The van der Waals surface area contributed by atoms with Crippen LogP contribution >= 0.6 is 11.8 Å². The number of Topliss-reactive ketones (excluding diaryl/α,β-unsaturated/α-hetero) is 1. The quantitative estimate of drug-likeness (QED) is 0.556. The van der Waals surface area contributed by atoms with Crippen LogP contribution in [0, 0.1) is 0 Å². The summed E-state index contributed by atoms with van der Waals surface area (Å²) in [5.41, 5.74) is 0. The molecule has 0 aliphatic carbocycles. The smallest absolute Gasteiger partial charge is 0.143 e. The molecule has 0 aromatic heterocycles. The molecule has 2 aliphatic rings. The van der Waals surface area contributed by atoms with Crippen molar-refractivity contribution >= 4 is 17.5 Å². The molecular weight excluding hydrogens is 160 g/mol. The lowest BCUT2D eigenvalue weighted by atomic mass is 10.4. The number of carbonyl (C=O) groups excluding carboxylic acids is 1.